The van der Waals surface area contributed by atoms with Crippen LogP contribution >= 0.6 is 15.9 Å². The van der Waals surface area contributed by atoms with Gasteiger partial charge in [0.05, 0.1) is 16.2 Å². The molecule has 0 atom stereocenters. The molecule has 7 nitrogen and oxygen atoms in total. The molecule has 148 valence electrons. The third-order valence-electron chi connectivity index (χ3n) is 4.62. The lowest BCUT2D eigenvalue weighted by molar-refractivity contribution is -0.384. The summed E-state index contributed by atoms with van der Waals surface area (Å²) in [6.07, 6.45) is 0. The SMILES string of the molecule is O=C1C(C(=NNc2ccc([N+](=O)[O-])cc2)c2ccc(Br)cc2)=C(O)c2ccccc21. The fourth-order valence-electron chi connectivity index (χ4n) is 3.13. The molecule has 3 aromatic rings. The van der Waals surface area contributed by atoms with E-state index >= 15 is 0 Å². The Kier molecular flexibility index (Phi) is 5.16. The number of anilines is 1. The second-order valence-electron chi connectivity index (χ2n) is 6.48. The number of allylic oxidation sites excluding steroid dienone is 1. The fraction of sp³-hybridized carbons (Fsp3) is 0. The second-order valence-corrected chi connectivity index (χ2v) is 7.40. The number of nitro benzene ring substituents is 1. The summed E-state index contributed by atoms with van der Waals surface area (Å²) in [5.74, 6) is -0.460. The van der Waals surface area contributed by atoms with Crippen LogP contribution in [0.4, 0.5) is 11.4 Å². The number of nitrogens with zero attached hydrogens (tertiary/aromatic N) is 2. The number of aliphatic hydroxyl groups is 1. The first-order valence-electron chi connectivity index (χ1n) is 8.87. The van der Waals surface area contributed by atoms with Gasteiger partial charge in [0.1, 0.15) is 11.5 Å². The zero-order valence-electron chi connectivity index (χ0n) is 15.4. The van der Waals surface area contributed by atoms with Gasteiger partial charge in [-0.3, -0.25) is 20.3 Å². The van der Waals surface area contributed by atoms with Gasteiger partial charge in [0, 0.05) is 33.3 Å². The Morgan fingerprint density at radius 3 is 2.20 bits per heavy atom. The summed E-state index contributed by atoms with van der Waals surface area (Å²) in [5, 5.41) is 26.0. The van der Waals surface area contributed by atoms with Crippen LogP contribution in [0.15, 0.2) is 87.9 Å². The summed E-state index contributed by atoms with van der Waals surface area (Å²) < 4.78 is 0.855. The van der Waals surface area contributed by atoms with Crippen LogP contribution in [0.2, 0.25) is 0 Å². The fourth-order valence-corrected chi connectivity index (χ4v) is 3.40. The summed E-state index contributed by atoms with van der Waals surface area (Å²) in [4.78, 5) is 23.3. The smallest absolute Gasteiger partial charge is 0.269 e. The largest absolute Gasteiger partial charge is 0.506 e. The Hall–Kier alpha value is -3.78. The van der Waals surface area contributed by atoms with E-state index in [4.69, 9.17) is 0 Å². The zero-order chi connectivity index (χ0) is 21.3. The molecule has 8 heteroatoms. The van der Waals surface area contributed by atoms with Gasteiger partial charge >= 0.3 is 0 Å². The highest BCUT2D eigenvalue weighted by Gasteiger charge is 2.33. The van der Waals surface area contributed by atoms with Gasteiger partial charge in [0.25, 0.3) is 5.69 Å². The van der Waals surface area contributed by atoms with Crippen molar-refractivity contribution in [1.29, 1.82) is 0 Å². The number of nitro groups is 1. The Labute approximate surface area is 179 Å². The maximum atomic E-state index is 13.0. The number of non-ortho nitro benzene ring substituents is 1. The number of benzene rings is 3. The van der Waals surface area contributed by atoms with Gasteiger partial charge in [-0.05, 0) is 24.3 Å². The van der Waals surface area contributed by atoms with Crippen LogP contribution < -0.4 is 5.43 Å². The molecule has 0 unspecified atom stereocenters. The van der Waals surface area contributed by atoms with Crippen molar-refractivity contribution in [1.82, 2.24) is 0 Å². The van der Waals surface area contributed by atoms with Gasteiger partial charge in [-0.25, -0.2) is 0 Å². The molecule has 0 radical (unpaired) electrons. The molecule has 3 aromatic carbocycles. The Bertz CT molecular complexity index is 1220. The van der Waals surface area contributed by atoms with Crippen LogP contribution in [0, 0.1) is 10.1 Å². The van der Waals surface area contributed by atoms with Crippen LogP contribution in [0.25, 0.3) is 5.76 Å². The quantitative estimate of drug-likeness (QED) is 0.301. The molecule has 1 aliphatic rings. The average Bonchev–Trinajstić information content (AvgIpc) is 3.01. The summed E-state index contributed by atoms with van der Waals surface area (Å²) in [6, 6.07) is 19.7. The first-order valence-corrected chi connectivity index (χ1v) is 9.67. The van der Waals surface area contributed by atoms with Crippen molar-refractivity contribution in [2.45, 2.75) is 0 Å². The number of hydrogen-bond acceptors (Lipinski definition) is 6. The molecule has 0 aliphatic heterocycles. The van der Waals surface area contributed by atoms with Crippen LogP contribution in [0.3, 0.4) is 0 Å². The lowest BCUT2D eigenvalue weighted by atomic mass is 9.99. The van der Waals surface area contributed by atoms with E-state index in [0.29, 0.717) is 22.4 Å². The van der Waals surface area contributed by atoms with Crippen LogP contribution in [0.1, 0.15) is 21.5 Å². The Morgan fingerprint density at radius 1 is 0.967 bits per heavy atom. The molecular weight excluding hydrogens is 450 g/mol. The average molecular weight is 464 g/mol. The number of nitrogens with one attached hydrogen (secondary N) is 1. The minimum atomic E-state index is -0.489. The third-order valence-corrected chi connectivity index (χ3v) is 5.15. The number of halogens is 1. The minimum Gasteiger partial charge on any atom is -0.506 e. The maximum absolute atomic E-state index is 13.0. The van der Waals surface area contributed by atoms with Crippen molar-refractivity contribution in [2.75, 3.05) is 5.43 Å². The molecule has 0 saturated carbocycles. The predicted octanol–water partition coefficient (Wildman–Crippen LogP) is 5.34. The van der Waals surface area contributed by atoms with Gasteiger partial charge in [0.15, 0.2) is 5.78 Å². The number of carbonyl (C=O) groups excluding carboxylic acids is 1. The molecule has 0 fully saturated rings. The van der Waals surface area contributed by atoms with E-state index in [-0.39, 0.29) is 28.5 Å². The van der Waals surface area contributed by atoms with E-state index < -0.39 is 4.92 Å². The van der Waals surface area contributed by atoms with E-state index in [1.54, 1.807) is 48.5 Å². The first-order chi connectivity index (χ1) is 14.5. The number of Topliss-reactive ketones (excluding diaryl/α,β-unsaturated/α-hetero) is 1. The normalized spacial score (nSPS) is 13.4. The van der Waals surface area contributed by atoms with Crippen molar-refractivity contribution in [3.05, 3.63) is 110 Å². The highest BCUT2D eigenvalue weighted by atomic mass is 79.9. The molecule has 0 spiro atoms. The minimum absolute atomic E-state index is 0.0422. The molecule has 1 aliphatic carbocycles. The van der Waals surface area contributed by atoms with Crippen molar-refractivity contribution in [3.8, 4) is 0 Å². The van der Waals surface area contributed by atoms with E-state index in [1.807, 2.05) is 0 Å². The first kappa shape index (κ1) is 19.5. The van der Waals surface area contributed by atoms with E-state index in [2.05, 4.69) is 26.5 Å². The van der Waals surface area contributed by atoms with Crippen molar-refractivity contribution in [3.63, 3.8) is 0 Å². The molecular formula is C22H14BrN3O4. The summed E-state index contributed by atoms with van der Waals surface area (Å²) >= 11 is 3.38. The number of hydrogen-bond donors (Lipinski definition) is 2. The van der Waals surface area contributed by atoms with Crippen molar-refractivity contribution < 1.29 is 14.8 Å². The highest BCUT2D eigenvalue weighted by Crippen LogP contribution is 2.33. The van der Waals surface area contributed by atoms with Gasteiger partial charge in [0.2, 0.25) is 0 Å². The number of fused-ring (bicyclic) bond motifs is 1. The molecule has 0 heterocycles. The molecule has 2 N–H and O–H groups in total. The maximum Gasteiger partial charge on any atom is 0.269 e. The molecule has 0 aromatic heterocycles. The van der Waals surface area contributed by atoms with Gasteiger partial charge in [-0.15, -0.1) is 0 Å². The third kappa shape index (κ3) is 3.60. The van der Waals surface area contributed by atoms with Crippen molar-refractivity contribution in [2.24, 2.45) is 5.10 Å². The molecule has 30 heavy (non-hydrogen) atoms. The molecule has 0 bridgehead atoms. The Balaban J connectivity index is 1.77. The molecule has 0 saturated heterocycles. The predicted molar refractivity (Wildman–Crippen MR) is 118 cm³/mol. The summed E-state index contributed by atoms with van der Waals surface area (Å²) in [5.41, 5.74) is 5.12. The number of rotatable bonds is 5. The second kappa shape index (κ2) is 7.92. The topological polar surface area (TPSA) is 105 Å². The van der Waals surface area contributed by atoms with E-state index in [1.165, 1.54) is 24.3 Å². The molecule has 0 amide bonds. The van der Waals surface area contributed by atoms with Gasteiger partial charge in [-0.2, -0.15) is 5.10 Å². The Morgan fingerprint density at radius 2 is 1.60 bits per heavy atom. The van der Waals surface area contributed by atoms with Crippen molar-refractivity contribution >= 4 is 44.6 Å². The highest BCUT2D eigenvalue weighted by molar-refractivity contribution is 9.10. The lowest BCUT2D eigenvalue weighted by Crippen LogP contribution is -2.14. The lowest BCUT2D eigenvalue weighted by Gasteiger charge is -2.10. The number of hydrazone groups is 1. The standard InChI is InChI=1S/C22H14BrN3O4/c23-14-7-5-13(6-8-14)20(25-24-15-9-11-16(12-10-15)26(29)30)19-21(27)17-3-1-2-4-18(17)22(19)28/h1-12,24,27H. The van der Waals surface area contributed by atoms with Gasteiger partial charge < -0.3 is 5.11 Å². The monoisotopic (exact) mass is 463 g/mol. The molecule has 4 rings (SSSR count). The van der Waals surface area contributed by atoms with Gasteiger partial charge in [-0.1, -0.05) is 52.3 Å². The zero-order valence-corrected chi connectivity index (χ0v) is 17.0. The number of aliphatic hydroxyl groups excluding tert-OH is 1. The number of carbonyl (C=O) groups is 1. The van der Waals surface area contributed by atoms with Crippen LogP contribution in [0.5, 0.6) is 0 Å². The van der Waals surface area contributed by atoms with Crippen LogP contribution in [-0.2, 0) is 0 Å². The summed E-state index contributed by atoms with van der Waals surface area (Å²) in [6.45, 7) is 0. The van der Waals surface area contributed by atoms with E-state index in [0.717, 1.165) is 4.47 Å². The van der Waals surface area contributed by atoms with Crippen LogP contribution in [-0.4, -0.2) is 21.5 Å². The van der Waals surface area contributed by atoms with E-state index in [9.17, 15) is 20.0 Å². The number of ketones is 1. The summed E-state index contributed by atoms with van der Waals surface area (Å²) in [7, 11) is 0.